The van der Waals surface area contributed by atoms with Crippen LogP contribution in [0.5, 0.6) is 0 Å². The predicted molar refractivity (Wildman–Crippen MR) is 58.3 cm³/mol. The minimum absolute atomic E-state index is 0.0108. The van der Waals surface area contributed by atoms with Crippen molar-refractivity contribution in [2.45, 2.75) is 6.04 Å². The maximum absolute atomic E-state index is 9.02. The van der Waals surface area contributed by atoms with Gasteiger partial charge in [-0.1, -0.05) is 0 Å². The fourth-order valence-corrected chi connectivity index (χ4v) is 1.40. The molecule has 0 aliphatic rings. The van der Waals surface area contributed by atoms with Crippen molar-refractivity contribution in [1.82, 2.24) is 4.98 Å². The van der Waals surface area contributed by atoms with Crippen molar-refractivity contribution in [3.63, 3.8) is 0 Å². The smallest absolute Gasteiger partial charge is 0.140 e. The number of nitrogens with one attached hydrogen (secondary N) is 1. The lowest BCUT2D eigenvalue weighted by Gasteiger charge is -2.16. The fraction of sp³-hybridized carbons (Fsp3) is 0.444. The van der Waals surface area contributed by atoms with Crippen LogP contribution in [0.4, 0.5) is 5.82 Å². The number of pyridine rings is 1. The van der Waals surface area contributed by atoms with Gasteiger partial charge < -0.3 is 15.2 Å². The predicted octanol–water partition coefficient (Wildman–Crippen LogP) is 1.26. The van der Waals surface area contributed by atoms with Gasteiger partial charge in [-0.3, -0.25) is 0 Å². The van der Waals surface area contributed by atoms with E-state index >= 15 is 0 Å². The van der Waals surface area contributed by atoms with Crippen molar-refractivity contribution in [2.75, 3.05) is 25.6 Å². The highest BCUT2D eigenvalue weighted by Gasteiger charge is 2.08. The lowest BCUT2D eigenvalue weighted by molar-refractivity contribution is 0.153. The van der Waals surface area contributed by atoms with Crippen molar-refractivity contribution in [2.24, 2.45) is 0 Å². The van der Waals surface area contributed by atoms with Crippen LogP contribution in [0.1, 0.15) is 0 Å². The van der Waals surface area contributed by atoms with E-state index in [1.807, 2.05) is 12.1 Å². The van der Waals surface area contributed by atoms with E-state index in [0.717, 1.165) is 4.47 Å². The van der Waals surface area contributed by atoms with Gasteiger partial charge in [0.1, 0.15) is 5.82 Å². The first kappa shape index (κ1) is 11.4. The van der Waals surface area contributed by atoms with Crippen LogP contribution < -0.4 is 5.32 Å². The number of nitrogens with zero attached hydrogens (tertiary/aromatic N) is 1. The third-order valence-electron chi connectivity index (χ3n) is 1.69. The van der Waals surface area contributed by atoms with E-state index in [9.17, 15) is 0 Å². The molecule has 0 amide bonds. The van der Waals surface area contributed by atoms with Crippen molar-refractivity contribution in [3.05, 3.63) is 22.8 Å². The largest absolute Gasteiger partial charge is 0.394 e. The third-order valence-corrected chi connectivity index (χ3v) is 2.33. The Balaban J connectivity index is 2.62. The summed E-state index contributed by atoms with van der Waals surface area (Å²) >= 11 is 3.36. The fourth-order valence-electron chi connectivity index (χ4n) is 1.03. The third kappa shape index (κ3) is 3.25. The first-order chi connectivity index (χ1) is 6.77. The zero-order chi connectivity index (χ0) is 10.4. The molecule has 1 aromatic heterocycles. The van der Waals surface area contributed by atoms with E-state index in [1.54, 1.807) is 13.3 Å². The van der Waals surface area contributed by atoms with E-state index in [1.165, 1.54) is 0 Å². The summed E-state index contributed by atoms with van der Waals surface area (Å²) in [5, 5.41) is 12.1. The molecule has 0 saturated carbocycles. The summed E-state index contributed by atoms with van der Waals surface area (Å²) in [6, 6.07) is 3.59. The Hall–Kier alpha value is -0.650. The zero-order valence-corrected chi connectivity index (χ0v) is 9.49. The molecule has 0 aliphatic heterocycles. The highest BCUT2D eigenvalue weighted by atomic mass is 79.9. The van der Waals surface area contributed by atoms with Crippen LogP contribution in [-0.2, 0) is 4.74 Å². The SMILES string of the molecule is COCC(CO)Nc1ncccc1Br. The Morgan fingerprint density at radius 1 is 1.71 bits per heavy atom. The van der Waals surface area contributed by atoms with Crippen LogP contribution in [0, 0.1) is 0 Å². The number of rotatable bonds is 5. The molecule has 1 rings (SSSR count). The second-order valence-corrected chi connectivity index (χ2v) is 3.67. The van der Waals surface area contributed by atoms with Gasteiger partial charge in [-0.05, 0) is 28.1 Å². The molecule has 0 saturated heterocycles. The number of hydrogen-bond acceptors (Lipinski definition) is 4. The van der Waals surface area contributed by atoms with Gasteiger partial charge in [-0.2, -0.15) is 0 Å². The number of hydrogen-bond donors (Lipinski definition) is 2. The molecule has 78 valence electrons. The molecule has 1 unspecified atom stereocenters. The minimum atomic E-state index is -0.133. The van der Waals surface area contributed by atoms with Gasteiger partial charge in [0.15, 0.2) is 0 Å². The highest BCUT2D eigenvalue weighted by Crippen LogP contribution is 2.18. The van der Waals surface area contributed by atoms with Gasteiger partial charge in [0, 0.05) is 13.3 Å². The summed E-state index contributed by atoms with van der Waals surface area (Å²) in [5.74, 6) is 0.712. The van der Waals surface area contributed by atoms with E-state index in [0.29, 0.717) is 12.4 Å². The second kappa shape index (κ2) is 5.95. The van der Waals surface area contributed by atoms with Crippen LogP contribution in [-0.4, -0.2) is 36.5 Å². The Morgan fingerprint density at radius 3 is 3.07 bits per heavy atom. The molecule has 0 aromatic carbocycles. The molecule has 1 heterocycles. The Morgan fingerprint density at radius 2 is 2.50 bits per heavy atom. The van der Waals surface area contributed by atoms with E-state index in [2.05, 4.69) is 26.2 Å². The summed E-state index contributed by atoms with van der Waals surface area (Å²) in [7, 11) is 1.60. The standard InChI is InChI=1S/C9H13BrN2O2/c1-14-6-7(5-13)12-9-8(10)3-2-4-11-9/h2-4,7,13H,5-6H2,1H3,(H,11,12). The average Bonchev–Trinajstić information content (AvgIpc) is 2.20. The van der Waals surface area contributed by atoms with Gasteiger partial charge >= 0.3 is 0 Å². The molecular weight excluding hydrogens is 248 g/mol. The quantitative estimate of drug-likeness (QED) is 0.837. The second-order valence-electron chi connectivity index (χ2n) is 2.81. The van der Waals surface area contributed by atoms with Crippen LogP contribution in [0.25, 0.3) is 0 Å². The van der Waals surface area contributed by atoms with Crippen molar-refractivity contribution >= 4 is 21.7 Å². The molecule has 0 spiro atoms. The lowest BCUT2D eigenvalue weighted by atomic mass is 10.3. The van der Waals surface area contributed by atoms with E-state index in [4.69, 9.17) is 9.84 Å². The summed E-state index contributed by atoms with van der Waals surface area (Å²) in [6.45, 7) is 0.455. The Labute approximate surface area is 91.4 Å². The normalized spacial score (nSPS) is 12.5. The molecule has 0 radical (unpaired) electrons. The van der Waals surface area contributed by atoms with Crippen molar-refractivity contribution in [1.29, 1.82) is 0 Å². The molecule has 1 aromatic rings. The summed E-state index contributed by atoms with van der Waals surface area (Å²) in [6.07, 6.45) is 1.69. The molecule has 2 N–H and O–H groups in total. The molecule has 1 atom stereocenters. The maximum atomic E-state index is 9.02. The van der Waals surface area contributed by atoms with Gasteiger partial charge in [-0.25, -0.2) is 4.98 Å². The molecule has 0 aliphatic carbocycles. The molecule has 4 nitrogen and oxygen atoms in total. The molecule has 0 bridgehead atoms. The van der Waals surface area contributed by atoms with Gasteiger partial charge in [-0.15, -0.1) is 0 Å². The van der Waals surface area contributed by atoms with Gasteiger partial charge in [0.05, 0.1) is 23.7 Å². The first-order valence-corrected chi connectivity index (χ1v) is 5.04. The molecule has 14 heavy (non-hydrogen) atoms. The topological polar surface area (TPSA) is 54.4 Å². The van der Waals surface area contributed by atoms with Crippen LogP contribution in [0.2, 0.25) is 0 Å². The molecular formula is C9H13BrN2O2. The van der Waals surface area contributed by atoms with E-state index < -0.39 is 0 Å². The number of aliphatic hydroxyl groups excluding tert-OH is 1. The van der Waals surface area contributed by atoms with E-state index in [-0.39, 0.29) is 12.6 Å². The molecule has 5 heteroatoms. The summed E-state index contributed by atoms with van der Waals surface area (Å²) < 4.78 is 5.81. The monoisotopic (exact) mass is 260 g/mol. The first-order valence-electron chi connectivity index (χ1n) is 4.24. The number of methoxy groups -OCH3 is 1. The van der Waals surface area contributed by atoms with Crippen molar-refractivity contribution < 1.29 is 9.84 Å². The van der Waals surface area contributed by atoms with Crippen LogP contribution in [0.3, 0.4) is 0 Å². The zero-order valence-electron chi connectivity index (χ0n) is 7.90. The average molecular weight is 261 g/mol. The summed E-state index contributed by atoms with van der Waals surface area (Å²) in [4.78, 5) is 4.12. The number of anilines is 1. The Kier molecular flexibility index (Phi) is 4.86. The maximum Gasteiger partial charge on any atom is 0.140 e. The number of aliphatic hydroxyl groups is 1. The van der Waals surface area contributed by atoms with Crippen molar-refractivity contribution in [3.8, 4) is 0 Å². The van der Waals surface area contributed by atoms with Gasteiger partial charge in [0.2, 0.25) is 0 Å². The number of ether oxygens (including phenoxy) is 1. The molecule has 0 fully saturated rings. The lowest BCUT2D eigenvalue weighted by Crippen LogP contribution is -2.29. The van der Waals surface area contributed by atoms with Gasteiger partial charge in [0.25, 0.3) is 0 Å². The van der Waals surface area contributed by atoms with Crippen LogP contribution >= 0.6 is 15.9 Å². The highest BCUT2D eigenvalue weighted by molar-refractivity contribution is 9.10. The Bertz CT molecular complexity index is 283. The number of halogens is 1. The number of aromatic nitrogens is 1. The summed E-state index contributed by atoms with van der Waals surface area (Å²) in [5.41, 5.74) is 0. The van der Waals surface area contributed by atoms with Crippen LogP contribution in [0.15, 0.2) is 22.8 Å². The minimum Gasteiger partial charge on any atom is -0.394 e.